The molecule has 2 rings (SSSR count). The largest absolute Gasteiger partial charge is 0.379 e. The molecule has 1 aromatic rings. The molecule has 0 aliphatic carbocycles. The van der Waals surface area contributed by atoms with Crippen LogP contribution in [0.25, 0.3) is 0 Å². The van der Waals surface area contributed by atoms with Crippen LogP contribution in [0.2, 0.25) is 0 Å². The van der Waals surface area contributed by atoms with Crippen LogP contribution >= 0.6 is 11.3 Å². The number of nitrogens with one attached hydrogen (secondary N) is 1. The smallest absolute Gasteiger partial charge is 0.279 e. The molecule has 2 heterocycles. The Hall–Kier alpha value is -0.540. The highest BCUT2D eigenvalue weighted by molar-refractivity contribution is 7.87. The van der Waals surface area contributed by atoms with Gasteiger partial charge in [0, 0.05) is 18.5 Å². The van der Waals surface area contributed by atoms with Crippen LogP contribution in [0.4, 0.5) is 0 Å². The molecule has 1 saturated heterocycles. The summed E-state index contributed by atoms with van der Waals surface area (Å²) in [7, 11) is -3.41. The Morgan fingerprint density at radius 2 is 2.22 bits per heavy atom. The van der Waals surface area contributed by atoms with E-state index in [1.165, 1.54) is 15.6 Å². The summed E-state index contributed by atoms with van der Waals surface area (Å²) < 4.78 is 33.1. The highest BCUT2D eigenvalue weighted by Gasteiger charge is 2.23. The summed E-state index contributed by atoms with van der Waals surface area (Å²) in [5.74, 6) is 0. The van der Waals surface area contributed by atoms with Crippen molar-refractivity contribution in [2.24, 2.45) is 0 Å². The fourth-order valence-electron chi connectivity index (χ4n) is 1.62. The Morgan fingerprint density at radius 1 is 1.50 bits per heavy atom. The number of hydrogen-bond donors (Lipinski definition) is 1. The van der Waals surface area contributed by atoms with E-state index < -0.39 is 10.2 Å². The number of aromatic nitrogens is 1. The summed E-state index contributed by atoms with van der Waals surface area (Å²) in [4.78, 5) is 4.33. The Kier molecular flexibility index (Phi) is 4.68. The van der Waals surface area contributed by atoms with Gasteiger partial charge in [-0.15, -0.1) is 11.3 Å². The lowest BCUT2D eigenvalue weighted by Gasteiger charge is -2.25. The zero-order valence-electron chi connectivity index (χ0n) is 10.3. The fraction of sp³-hybridized carbons (Fsp3) is 0.700. The van der Waals surface area contributed by atoms with Crippen molar-refractivity contribution in [3.05, 3.63) is 16.1 Å². The summed E-state index contributed by atoms with van der Waals surface area (Å²) in [5, 5.41) is 2.75. The molecule has 1 aliphatic heterocycles. The first-order chi connectivity index (χ1) is 8.62. The van der Waals surface area contributed by atoms with E-state index in [0.29, 0.717) is 26.3 Å². The molecule has 0 amide bonds. The van der Waals surface area contributed by atoms with Crippen molar-refractivity contribution in [3.8, 4) is 0 Å². The maximum atomic E-state index is 12.0. The predicted octanol–water partition coefficient (Wildman–Crippen LogP) is 0.372. The third-order valence-electron chi connectivity index (χ3n) is 2.68. The lowest BCUT2D eigenvalue weighted by atomic mass is 10.4. The van der Waals surface area contributed by atoms with Gasteiger partial charge in [-0.1, -0.05) is 6.92 Å². The predicted molar refractivity (Wildman–Crippen MR) is 69.6 cm³/mol. The highest BCUT2D eigenvalue weighted by Crippen LogP contribution is 2.11. The third-order valence-corrected chi connectivity index (χ3v) is 5.13. The quantitative estimate of drug-likeness (QED) is 0.851. The molecule has 1 fully saturated rings. The van der Waals surface area contributed by atoms with Crippen molar-refractivity contribution in [2.75, 3.05) is 26.3 Å². The Labute approximate surface area is 111 Å². The summed E-state index contributed by atoms with van der Waals surface area (Å²) >= 11 is 1.48. The number of aryl methyl sites for hydroxylation is 1. The van der Waals surface area contributed by atoms with Crippen LogP contribution in [0.15, 0.2) is 5.38 Å². The standard InChI is InChI=1S/C10H17N3O3S2/c1-2-9-8-17-10(12-9)7-11-18(14,15)13-3-5-16-6-4-13/h8,11H,2-7H2,1H3. The molecule has 0 radical (unpaired) electrons. The maximum absolute atomic E-state index is 12.0. The van der Waals surface area contributed by atoms with Gasteiger partial charge in [-0.3, -0.25) is 0 Å². The zero-order valence-corrected chi connectivity index (χ0v) is 11.9. The van der Waals surface area contributed by atoms with Crippen LogP contribution in [0.5, 0.6) is 0 Å². The van der Waals surface area contributed by atoms with Gasteiger partial charge in [0.05, 0.1) is 25.5 Å². The minimum Gasteiger partial charge on any atom is -0.379 e. The van der Waals surface area contributed by atoms with Crippen molar-refractivity contribution in [2.45, 2.75) is 19.9 Å². The van der Waals surface area contributed by atoms with Gasteiger partial charge < -0.3 is 4.74 Å². The SMILES string of the molecule is CCc1csc(CNS(=O)(=O)N2CCOCC2)n1. The van der Waals surface area contributed by atoms with E-state index >= 15 is 0 Å². The first-order valence-electron chi connectivity index (χ1n) is 5.87. The molecule has 0 unspecified atom stereocenters. The van der Waals surface area contributed by atoms with Gasteiger partial charge >= 0.3 is 0 Å². The first kappa shape index (κ1) is 13.9. The second kappa shape index (κ2) is 6.07. The monoisotopic (exact) mass is 291 g/mol. The topological polar surface area (TPSA) is 71.5 Å². The Bertz CT molecular complexity index is 480. The van der Waals surface area contributed by atoms with Gasteiger partial charge in [-0.05, 0) is 6.42 Å². The molecule has 0 spiro atoms. The molecule has 0 bridgehead atoms. The molecule has 8 heteroatoms. The second-order valence-electron chi connectivity index (χ2n) is 3.92. The molecular formula is C10H17N3O3S2. The van der Waals surface area contributed by atoms with Crippen LogP contribution in [0.3, 0.4) is 0 Å². The number of thiazole rings is 1. The van der Waals surface area contributed by atoms with E-state index in [9.17, 15) is 8.42 Å². The maximum Gasteiger partial charge on any atom is 0.279 e. The van der Waals surface area contributed by atoms with Gasteiger partial charge in [0.15, 0.2) is 0 Å². The summed E-state index contributed by atoms with van der Waals surface area (Å²) in [6.45, 7) is 4.01. The lowest BCUT2D eigenvalue weighted by Crippen LogP contribution is -2.46. The number of nitrogens with zero attached hydrogens (tertiary/aromatic N) is 2. The normalized spacial score (nSPS) is 18.1. The van der Waals surface area contributed by atoms with Gasteiger partial charge in [0.2, 0.25) is 0 Å². The van der Waals surface area contributed by atoms with Crippen molar-refractivity contribution < 1.29 is 13.2 Å². The number of morpholine rings is 1. The molecule has 1 aromatic heterocycles. The van der Waals surface area contributed by atoms with Crippen LogP contribution in [0.1, 0.15) is 17.6 Å². The Balaban J connectivity index is 1.91. The molecule has 0 aromatic carbocycles. The van der Waals surface area contributed by atoms with E-state index in [4.69, 9.17) is 4.74 Å². The number of hydrogen-bond acceptors (Lipinski definition) is 5. The molecule has 0 atom stereocenters. The van der Waals surface area contributed by atoms with Gasteiger partial charge in [-0.25, -0.2) is 4.98 Å². The minimum absolute atomic E-state index is 0.254. The van der Waals surface area contributed by atoms with Gasteiger partial charge in [-0.2, -0.15) is 17.4 Å². The number of rotatable bonds is 5. The average molecular weight is 291 g/mol. The molecular weight excluding hydrogens is 274 g/mol. The minimum atomic E-state index is -3.41. The van der Waals surface area contributed by atoms with Crippen LogP contribution < -0.4 is 4.72 Å². The molecule has 1 aliphatic rings. The van der Waals surface area contributed by atoms with Crippen LogP contribution in [-0.2, 0) is 27.9 Å². The average Bonchev–Trinajstić information content (AvgIpc) is 2.86. The lowest BCUT2D eigenvalue weighted by molar-refractivity contribution is 0.0725. The summed E-state index contributed by atoms with van der Waals surface area (Å²) in [5.41, 5.74) is 1.00. The van der Waals surface area contributed by atoms with Crippen molar-refractivity contribution in [1.82, 2.24) is 14.0 Å². The van der Waals surface area contributed by atoms with E-state index in [1.54, 1.807) is 0 Å². The van der Waals surface area contributed by atoms with Gasteiger partial charge in [0.25, 0.3) is 10.2 Å². The number of ether oxygens (including phenoxy) is 1. The summed E-state index contributed by atoms with van der Waals surface area (Å²) in [6, 6.07) is 0. The first-order valence-corrected chi connectivity index (χ1v) is 8.19. The van der Waals surface area contributed by atoms with E-state index in [0.717, 1.165) is 17.1 Å². The van der Waals surface area contributed by atoms with Crippen LogP contribution in [0, 0.1) is 0 Å². The fourth-order valence-corrected chi connectivity index (χ4v) is 3.66. The molecule has 18 heavy (non-hydrogen) atoms. The molecule has 6 nitrogen and oxygen atoms in total. The zero-order chi connectivity index (χ0) is 13.0. The summed E-state index contributed by atoms with van der Waals surface area (Å²) in [6.07, 6.45) is 0.868. The van der Waals surface area contributed by atoms with Crippen LogP contribution in [-0.4, -0.2) is 44.0 Å². The molecule has 1 N–H and O–H groups in total. The van der Waals surface area contributed by atoms with Crippen molar-refractivity contribution >= 4 is 21.5 Å². The highest BCUT2D eigenvalue weighted by atomic mass is 32.2. The third kappa shape index (κ3) is 3.48. The van der Waals surface area contributed by atoms with E-state index in [2.05, 4.69) is 9.71 Å². The molecule has 102 valence electrons. The van der Waals surface area contributed by atoms with E-state index in [-0.39, 0.29) is 6.54 Å². The molecule has 0 saturated carbocycles. The van der Waals surface area contributed by atoms with Crippen molar-refractivity contribution in [1.29, 1.82) is 0 Å². The van der Waals surface area contributed by atoms with Crippen molar-refractivity contribution in [3.63, 3.8) is 0 Å². The second-order valence-corrected chi connectivity index (χ2v) is 6.62. The van der Waals surface area contributed by atoms with E-state index in [1.807, 2.05) is 12.3 Å². The van der Waals surface area contributed by atoms with Gasteiger partial charge in [0.1, 0.15) is 5.01 Å². The Morgan fingerprint density at radius 3 is 2.83 bits per heavy atom.